The molecule has 0 aliphatic heterocycles. The van der Waals surface area contributed by atoms with Gasteiger partial charge in [0, 0.05) is 50.5 Å². The second-order valence-electron chi connectivity index (χ2n) is 7.66. The van der Waals surface area contributed by atoms with Crippen LogP contribution in [0.3, 0.4) is 0 Å². The van der Waals surface area contributed by atoms with Crippen LogP contribution < -0.4 is 10.6 Å². The number of rotatable bonds is 10. The minimum atomic E-state index is 0. The van der Waals surface area contributed by atoms with Crippen molar-refractivity contribution in [2.24, 2.45) is 4.99 Å². The lowest BCUT2D eigenvalue weighted by atomic mass is 10.2. The third-order valence-electron chi connectivity index (χ3n) is 4.77. The fourth-order valence-electron chi connectivity index (χ4n) is 3.34. The molecule has 0 radical (unpaired) electrons. The molecule has 0 saturated carbocycles. The van der Waals surface area contributed by atoms with Crippen molar-refractivity contribution in [1.29, 1.82) is 0 Å². The lowest BCUT2D eigenvalue weighted by Crippen LogP contribution is -2.41. The van der Waals surface area contributed by atoms with E-state index in [1.807, 2.05) is 24.0 Å². The van der Waals surface area contributed by atoms with Crippen LogP contribution in [0.4, 0.5) is 0 Å². The molecule has 1 aromatic heterocycles. The maximum Gasteiger partial charge on any atom is 0.191 e. The largest absolute Gasteiger partial charge is 0.356 e. The molecule has 0 bridgehead atoms. The molecule has 0 amide bonds. The van der Waals surface area contributed by atoms with E-state index in [1.54, 1.807) is 0 Å². The highest BCUT2D eigenvalue weighted by Gasteiger charge is 2.12. The highest BCUT2D eigenvalue weighted by molar-refractivity contribution is 14.0. The number of aromatic nitrogens is 2. The van der Waals surface area contributed by atoms with Gasteiger partial charge >= 0.3 is 0 Å². The van der Waals surface area contributed by atoms with Crippen LogP contribution in [0.25, 0.3) is 0 Å². The Bertz CT molecular complexity index is 703. The van der Waals surface area contributed by atoms with E-state index in [0.29, 0.717) is 18.6 Å². The molecule has 6 nitrogen and oxygen atoms in total. The number of nitrogens with one attached hydrogen (secondary N) is 2. The maximum absolute atomic E-state index is 4.45. The molecule has 0 fully saturated rings. The minimum absolute atomic E-state index is 0. The van der Waals surface area contributed by atoms with Crippen LogP contribution in [0.1, 0.15) is 45.2 Å². The summed E-state index contributed by atoms with van der Waals surface area (Å²) in [4.78, 5) is 6.83. The molecule has 2 N–H and O–H groups in total. The van der Waals surface area contributed by atoms with E-state index in [0.717, 1.165) is 37.6 Å². The van der Waals surface area contributed by atoms with E-state index in [2.05, 4.69) is 83.8 Å². The first kappa shape index (κ1) is 25.4. The molecule has 2 rings (SSSR count). The molecule has 0 aliphatic rings. The Morgan fingerprint density at radius 2 is 1.76 bits per heavy atom. The van der Waals surface area contributed by atoms with E-state index < -0.39 is 0 Å². The first-order valence-electron chi connectivity index (χ1n) is 10.2. The number of benzene rings is 1. The van der Waals surface area contributed by atoms with E-state index in [-0.39, 0.29) is 24.0 Å². The molecule has 162 valence electrons. The van der Waals surface area contributed by atoms with Gasteiger partial charge in [-0.15, -0.1) is 24.0 Å². The van der Waals surface area contributed by atoms with E-state index >= 15 is 0 Å². The van der Waals surface area contributed by atoms with Crippen LogP contribution in [0.2, 0.25) is 0 Å². The summed E-state index contributed by atoms with van der Waals surface area (Å²) in [6.07, 6.45) is 5.08. The summed E-state index contributed by atoms with van der Waals surface area (Å²) in [5.41, 5.74) is 2.39. The Morgan fingerprint density at radius 1 is 1.07 bits per heavy atom. The topological polar surface area (TPSA) is 57.5 Å². The van der Waals surface area contributed by atoms with Crippen LogP contribution in [-0.4, -0.2) is 52.9 Å². The van der Waals surface area contributed by atoms with Crippen LogP contribution in [0, 0.1) is 0 Å². The number of hydrogen-bond donors (Lipinski definition) is 2. The molecular weight excluding hydrogens is 475 g/mol. The number of halogens is 1. The van der Waals surface area contributed by atoms with Gasteiger partial charge in [0.15, 0.2) is 5.96 Å². The summed E-state index contributed by atoms with van der Waals surface area (Å²) in [5, 5.41) is 11.2. The zero-order valence-electron chi connectivity index (χ0n) is 18.4. The van der Waals surface area contributed by atoms with Crippen molar-refractivity contribution >= 4 is 29.9 Å². The van der Waals surface area contributed by atoms with Crippen molar-refractivity contribution in [3.8, 4) is 0 Å². The second kappa shape index (κ2) is 13.6. The van der Waals surface area contributed by atoms with Gasteiger partial charge in [0.2, 0.25) is 0 Å². The van der Waals surface area contributed by atoms with E-state index in [9.17, 15) is 0 Å². The molecule has 1 heterocycles. The normalized spacial score (nSPS) is 11.8. The van der Waals surface area contributed by atoms with Gasteiger partial charge in [0.1, 0.15) is 0 Å². The van der Waals surface area contributed by atoms with Crippen LogP contribution in [0.5, 0.6) is 0 Å². The number of hydrogen-bond acceptors (Lipinski definition) is 3. The lowest BCUT2D eigenvalue weighted by Gasteiger charge is -2.30. The highest BCUT2D eigenvalue weighted by Crippen LogP contribution is 2.05. The third kappa shape index (κ3) is 9.16. The average molecular weight is 512 g/mol. The molecule has 29 heavy (non-hydrogen) atoms. The van der Waals surface area contributed by atoms with Gasteiger partial charge < -0.3 is 10.6 Å². The third-order valence-corrected chi connectivity index (χ3v) is 4.77. The minimum Gasteiger partial charge on any atom is -0.356 e. The summed E-state index contributed by atoms with van der Waals surface area (Å²) in [5.74, 6) is 0.830. The monoisotopic (exact) mass is 512 g/mol. The highest BCUT2D eigenvalue weighted by atomic mass is 127. The zero-order valence-corrected chi connectivity index (χ0v) is 20.8. The Hall–Kier alpha value is -1.61. The summed E-state index contributed by atoms with van der Waals surface area (Å²) in [6, 6.07) is 11.5. The number of nitrogens with zero attached hydrogens (tertiary/aromatic N) is 4. The average Bonchev–Trinajstić information content (AvgIpc) is 3.11. The van der Waals surface area contributed by atoms with Crippen molar-refractivity contribution in [3.63, 3.8) is 0 Å². The summed E-state index contributed by atoms with van der Waals surface area (Å²) in [6.45, 7) is 12.5. The summed E-state index contributed by atoms with van der Waals surface area (Å²) >= 11 is 0. The fourth-order valence-corrected chi connectivity index (χ4v) is 3.34. The molecule has 0 aliphatic carbocycles. The Morgan fingerprint density at radius 3 is 2.38 bits per heavy atom. The molecule has 7 heteroatoms. The maximum atomic E-state index is 4.45. The number of guanidine groups is 1. The van der Waals surface area contributed by atoms with Crippen LogP contribution >= 0.6 is 24.0 Å². The Labute approximate surface area is 193 Å². The smallest absolute Gasteiger partial charge is 0.191 e. The van der Waals surface area contributed by atoms with Gasteiger partial charge in [0.25, 0.3) is 0 Å². The van der Waals surface area contributed by atoms with Crippen molar-refractivity contribution < 1.29 is 0 Å². The van der Waals surface area contributed by atoms with Gasteiger partial charge in [-0.25, -0.2) is 0 Å². The number of aliphatic imine (C=N–C) groups is 1. The van der Waals surface area contributed by atoms with Crippen LogP contribution in [-0.2, 0) is 13.1 Å². The SMILES string of the molecule is CN=C(NCCCN(C(C)C)C(C)C)NCc1cnn(Cc2ccccc2)c1.I. The summed E-state index contributed by atoms with van der Waals surface area (Å²) < 4.78 is 1.97. The molecule has 0 saturated heterocycles. The molecular formula is C22H37IN6. The lowest BCUT2D eigenvalue weighted by molar-refractivity contribution is 0.173. The first-order valence-corrected chi connectivity index (χ1v) is 10.2. The predicted octanol–water partition coefficient (Wildman–Crippen LogP) is 3.72. The second-order valence-corrected chi connectivity index (χ2v) is 7.66. The predicted molar refractivity (Wildman–Crippen MR) is 133 cm³/mol. The quantitative estimate of drug-likeness (QED) is 0.221. The van der Waals surface area contributed by atoms with Gasteiger partial charge in [-0.2, -0.15) is 5.10 Å². The van der Waals surface area contributed by atoms with E-state index in [1.165, 1.54) is 5.56 Å². The standard InChI is InChI=1S/C22H36N6.HI/c1-18(2)28(19(3)4)13-9-12-24-22(23-5)25-14-21-15-26-27(17-21)16-20-10-7-6-8-11-20;/h6-8,10-11,15,17-19H,9,12-14,16H2,1-5H3,(H2,23,24,25);1H. The molecule has 2 aromatic rings. The molecule has 0 spiro atoms. The first-order chi connectivity index (χ1) is 13.5. The zero-order chi connectivity index (χ0) is 20.4. The Kier molecular flexibility index (Phi) is 11.9. The van der Waals surface area contributed by atoms with Crippen molar-refractivity contribution in [2.75, 3.05) is 20.1 Å². The van der Waals surface area contributed by atoms with Crippen molar-refractivity contribution in [2.45, 2.75) is 59.3 Å². The molecule has 0 atom stereocenters. The van der Waals surface area contributed by atoms with Gasteiger partial charge in [-0.3, -0.25) is 14.6 Å². The fraction of sp³-hybridized carbons (Fsp3) is 0.545. The summed E-state index contributed by atoms with van der Waals surface area (Å²) in [7, 11) is 1.81. The molecule has 0 unspecified atom stereocenters. The van der Waals surface area contributed by atoms with Gasteiger partial charge in [-0.1, -0.05) is 30.3 Å². The van der Waals surface area contributed by atoms with Crippen molar-refractivity contribution in [1.82, 2.24) is 25.3 Å². The Balaban J connectivity index is 0.00000420. The van der Waals surface area contributed by atoms with Gasteiger partial charge in [-0.05, 0) is 39.7 Å². The molecule has 1 aromatic carbocycles. The van der Waals surface area contributed by atoms with Crippen molar-refractivity contribution in [3.05, 3.63) is 53.9 Å². The van der Waals surface area contributed by atoms with E-state index in [4.69, 9.17) is 0 Å². The van der Waals surface area contributed by atoms with Crippen LogP contribution in [0.15, 0.2) is 47.7 Å². The van der Waals surface area contributed by atoms with Gasteiger partial charge in [0.05, 0.1) is 12.7 Å².